The van der Waals surface area contributed by atoms with E-state index in [1.807, 2.05) is 38.1 Å². The lowest BCUT2D eigenvalue weighted by Crippen LogP contribution is -2.51. The molecule has 35 heavy (non-hydrogen) atoms. The fourth-order valence-electron chi connectivity index (χ4n) is 5.11. The van der Waals surface area contributed by atoms with Crippen LogP contribution in [0.15, 0.2) is 48.5 Å². The summed E-state index contributed by atoms with van der Waals surface area (Å²) in [6.07, 6.45) is 2.57. The van der Waals surface area contributed by atoms with Crippen LogP contribution in [0.3, 0.4) is 0 Å². The number of aliphatic carboxylic acids is 1. The highest BCUT2D eigenvalue weighted by Crippen LogP contribution is 2.44. The molecule has 0 bridgehead atoms. The van der Waals surface area contributed by atoms with Gasteiger partial charge in [-0.1, -0.05) is 55.5 Å². The normalized spacial score (nSPS) is 17.0. The lowest BCUT2D eigenvalue weighted by Gasteiger charge is -2.31. The molecule has 2 unspecified atom stereocenters. The standard InChI is InChI=1S/C28H34N2O5/c1-18(26(33)30-28(2,16-25(31)32)19-13-14-19)8-7-15-29-27(34)35-17-24-22-11-5-3-9-20(22)21-10-4-6-12-23(21)24/h3-6,9-12,18-19,24H,7-8,13-17H2,1-2H3,(H,29,34)(H,30,33)(H,31,32). The van der Waals surface area contributed by atoms with Crippen LogP contribution < -0.4 is 10.6 Å². The number of amides is 2. The molecule has 0 radical (unpaired) electrons. The van der Waals surface area contributed by atoms with E-state index in [1.165, 1.54) is 22.3 Å². The van der Waals surface area contributed by atoms with Gasteiger partial charge in [0.05, 0.1) is 12.0 Å². The topological polar surface area (TPSA) is 105 Å². The average molecular weight is 479 g/mol. The molecule has 0 saturated heterocycles. The summed E-state index contributed by atoms with van der Waals surface area (Å²) in [6, 6.07) is 16.4. The number of benzene rings is 2. The van der Waals surface area contributed by atoms with Gasteiger partial charge in [-0.3, -0.25) is 9.59 Å². The van der Waals surface area contributed by atoms with Crippen molar-refractivity contribution in [3.8, 4) is 11.1 Å². The number of rotatable bonds is 11. The minimum Gasteiger partial charge on any atom is -0.481 e. The van der Waals surface area contributed by atoms with Crippen LogP contribution in [0.25, 0.3) is 11.1 Å². The Morgan fingerprint density at radius 1 is 1.06 bits per heavy atom. The second-order valence-corrected chi connectivity index (χ2v) is 10.0. The van der Waals surface area contributed by atoms with Crippen molar-refractivity contribution >= 4 is 18.0 Å². The van der Waals surface area contributed by atoms with E-state index in [4.69, 9.17) is 4.74 Å². The predicted molar refractivity (Wildman–Crippen MR) is 133 cm³/mol. The van der Waals surface area contributed by atoms with Crippen LogP contribution in [0, 0.1) is 11.8 Å². The minimum atomic E-state index is -0.903. The van der Waals surface area contributed by atoms with Crippen molar-refractivity contribution < 1.29 is 24.2 Å². The molecule has 2 aliphatic rings. The number of fused-ring (bicyclic) bond motifs is 3. The molecule has 3 N–H and O–H groups in total. The van der Waals surface area contributed by atoms with Crippen LogP contribution in [-0.2, 0) is 14.3 Å². The van der Waals surface area contributed by atoms with E-state index < -0.39 is 17.6 Å². The van der Waals surface area contributed by atoms with Crippen LogP contribution in [0.5, 0.6) is 0 Å². The lowest BCUT2D eigenvalue weighted by molar-refractivity contribution is -0.139. The van der Waals surface area contributed by atoms with E-state index in [9.17, 15) is 19.5 Å². The molecule has 7 nitrogen and oxygen atoms in total. The Hall–Kier alpha value is -3.35. The number of nitrogens with one attached hydrogen (secondary N) is 2. The Morgan fingerprint density at radius 2 is 1.66 bits per heavy atom. The predicted octanol–water partition coefficient (Wildman–Crippen LogP) is 4.70. The van der Waals surface area contributed by atoms with E-state index in [0.717, 1.165) is 12.8 Å². The third-order valence-corrected chi connectivity index (χ3v) is 7.28. The number of alkyl carbamates (subject to hydrolysis) is 1. The number of carbonyl (C=O) groups excluding carboxylic acids is 2. The fourth-order valence-corrected chi connectivity index (χ4v) is 5.11. The molecule has 2 atom stereocenters. The summed E-state index contributed by atoms with van der Waals surface area (Å²) in [7, 11) is 0. The van der Waals surface area contributed by atoms with Crippen molar-refractivity contribution in [1.29, 1.82) is 0 Å². The molecule has 2 aromatic carbocycles. The van der Waals surface area contributed by atoms with Crippen molar-refractivity contribution in [2.24, 2.45) is 11.8 Å². The van der Waals surface area contributed by atoms with Crippen LogP contribution in [0.4, 0.5) is 4.79 Å². The molecule has 186 valence electrons. The fraction of sp³-hybridized carbons (Fsp3) is 0.464. The van der Waals surface area contributed by atoms with Gasteiger partial charge < -0.3 is 20.5 Å². The molecule has 4 rings (SSSR count). The van der Waals surface area contributed by atoms with Gasteiger partial charge in [-0.2, -0.15) is 0 Å². The van der Waals surface area contributed by atoms with Gasteiger partial charge in [0, 0.05) is 18.4 Å². The van der Waals surface area contributed by atoms with Crippen LogP contribution in [-0.4, -0.2) is 41.8 Å². The summed E-state index contributed by atoms with van der Waals surface area (Å²) in [5.74, 6) is -1.07. The molecular weight excluding hydrogens is 444 g/mol. The van der Waals surface area contributed by atoms with Crippen molar-refractivity contribution in [2.75, 3.05) is 13.2 Å². The number of hydrogen-bond acceptors (Lipinski definition) is 4. The molecule has 1 fully saturated rings. The molecule has 2 aliphatic carbocycles. The maximum absolute atomic E-state index is 12.6. The maximum Gasteiger partial charge on any atom is 0.407 e. The Balaban J connectivity index is 1.20. The third kappa shape index (κ3) is 5.84. The highest BCUT2D eigenvalue weighted by atomic mass is 16.5. The largest absolute Gasteiger partial charge is 0.481 e. The van der Waals surface area contributed by atoms with Crippen molar-refractivity contribution in [1.82, 2.24) is 10.6 Å². The number of carbonyl (C=O) groups is 3. The number of carboxylic acids is 1. The number of ether oxygens (including phenoxy) is 1. The van der Waals surface area contributed by atoms with Gasteiger partial charge >= 0.3 is 12.1 Å². The summed E-state index contributed by atoms with van der Waals surface area (Å²) in [5, 5.41) is 15.0. The monoisotopic (exact) mass is 478 g/mol. The molecule has 0 heterocycles. The Bertz CT molecular complexity index is 1050. The first-order valence-electron chi connectivity index (χ1n) is 12.4. The van der Waals surface area contributed by atoms with Gasteiger partial charge in [-0.25, -0.2) is 4.79 Å². The van der Waals surface area contributed by atoms with Gasteiger partial charge in [-0.15, -0.1) is 0 Å². The van der Waals surface area contributed by atoms with E-state index in [2.05, 4.69) is 34.9 Å². The molecule has 2 aromatic rings. The average Bonchev–Trinajstić information content (AvgIpc) is 3.64. The van der Waals surface area contributed by atoms with Crippen LogP contribution in [0.1, 0.15) is 63.0 Å². The van der Waals surface area contributed by atoms with E-state index in [1.54, 1.807) is 0 Å². The SMILES string of the molecule is CC(CCCNC(=O)OCC1c2ccccc2-c2ccccc21)C(=O)NC(C)(CC(=O)O)C1CC1. The van der Waals surface area contributed by atoms with Gasteiger partial charge in [0.1, 0.15) is 6.61 Å². The summed E-state index contributed by atoms with van der Waals surface area (Å²) in [4.78, 5) is 36.2. The summed E-state index contributed by atoms with van der Waals surface area (Å²) < 4.78 is 5.55. The highest BCUT2D eigenvalue weighted by Gasteiger charge is 2.44. The molecule has 0 aliphatic heterocycles. The Labute approximate surface area is 206 Å². The van der Waals surface area contributed by atoms with Crippen molar-refractivity contribution in [3.63, 3.8) is 0 Å². The minimum absolute atomic E-state index is 0.0171. The zero-order chi connectivity index (χ0) is 25.0. The zero-order valence-corrected chi connectivity index (χ0v) is 20.4. The van der Waals surface area contributed by atoms with Crippen LogP contribution >= 0.6 is 0 Å². The maximum atomic E-state index is 12.6. The molecular formula is C28H34N2O5. The van der Waals surface area contributed by atoms with Gasteiger partial charge in [-0.05, 0) is 60.8 Å². The lowest BCUT2D eigenvalue weighted by atomic mass is 9.90. The molecule has 0 aromatic heterocycles. The number of hydrogen-bond donors (Lipinski definition) is 3. The number of carboxylic acid groups (broad SMARTS) is 1. The summed E-state index contributed by atoms with van der Waals surface area (Å²) in [6.45, 7) is 4.32. The van der Waals surface area contributed by atoms with Crippen molar-refractivity contribution in [3.05, 3.63) is 59.7 Å². The first-order chi connectivity index (χ1) is 16.8. The van der Waals surface area contributed by atoms with Gasteiger partial charge in [0.25, 0.3) is 0 Å². The van der Waals surface area contributed by atoms with Crippen molar-refractivity contribution in [2.45, 2.75) is 57.4 Å². The second kappa shape index (κ2) is 10.5. The van der Waals surface area contributed by atoms with E-state index >= 15 is 0 Å². The Morgan fingerprint density at radius 3 is 2.23 bits per heavy atom. The quantitative estimate of drug-likeness (QED) is 0.406. The van der Waals surface area contributed by atoms with Crippen LogP contribution in [0.2, 0.25) is 0 Å². The molecule has 0 spiro atoms. The molecule has 2 amide bonds. The second-order valence-electron chi connectivity index (χ2n) is 10.0. The summed E-state index contributed by atoms with van der Waals surface area (Å²) >= 11 is 0. The molecule has 1 saturated carbocycles. The molecule has 7 heteroatoms. The zero-order valence-electron chi connectivity index (χ0n) is 20.4. The van der Waals surface area contributed by atoms with Gasteiger partial charge in [0.15, 0.2) is 0 Å². The smallest absolute Gasteiger partial charge is 0.407 e. The van der Waals surface area contributed by atoms with E-state index in [-0.39, 0.29) is 36.7 Å². The van der Waals surface area contributed by atoms with E-state index in [0.29, 0.717) is 19.4 Å². The van der Waals surface area contributed by atoms with Gasteiger partial charge in [0.2, 0.25) is 5.91 Å². The first kappa shape index (κ1) is 24.8. The third-order valence-electron chi connectivity index (χ3n) is 7.28. The summed E-state index contributed by atoms with van der Waals surface area (Å²) in [5.41, 5.74) is 4.01. The Kier molecular flexibility index (Phi) is 7.43. The first-order valence-corrected chi connectivity index (χ1v) is 12.4. The highest BCUT2D eigenvalue weighted by molar-refractivity contribution is 5.80.